The zero-order valence-electron chi connectivity index (χ0n) is 39.7. The second-order valence-corrected chi connectivity index (χ2v) is 25.8. The Morgan fingerprint density at radius 1 is 0.714 bits per heavy atom. The van der Waals surface area contributed by atoms with Crippen molar-refractivity contribution >= 4 is 84.8 Å². The highest BCUT2D eigenvalue weighted by Gasteiger charge is 2.44. The molecule has 9 rings (SSSR count). The highest BCUT2D eigenvalue weighted by molar-refractivity contribution is 8.32. The molecule has 0 radical (unpaired) electrons. The minimum absolute atomic E-state index is 0.0317. The van der Waals surface area contributed by atoms with E-state index in [9.17, 15) is 48.5 Å². The molecule has 4 fully saturated rings. The number of ether oxygens (including phenoxy) is 4. The van der Waals surface area contributed by atoms with Gasteiger partial charge in [0.1, 0.15) is 74.4 Å². The maximum absolute atomic E-state index is 14.2. The lowest BCUT2D eigenvalue weighted by Crippen LogP contribution is -2.33. The Bertz CT molecular complexity index is 3480. The molecule has 33 nitrogen and oxygen atoms in total. The summed E-state index contributed by atoms with van der Waals surface area (Å²) in [6, 6.07) is 2.66. The minimum Gasteiger partial charge on any atom is -0.780 e. The molecular weight excluding hydrogens is 1150 g/mol. The molecule has 5 aromatic rings. The van der Waals surface area contributed by atoms with Crippen LogP contribution in [-0.4, -0.2) is 134 Å². The number of aryl methyl sites for hydroxylation is 1. The maximum atomic E-state index is 14.2. The van der Waals surface area contributed by atoms with Crippen LogP contribution in [0, 0.1) is 6.92 Å². The molecule has 0 amide bonds. The molecule has 15 atom stereocenters. The number of aromatic nitrogens is 10. The predicted molar refractivity (Wildman–Crippen MR) is 268 cm³/mol. The maximum Gasteiger partial charge on any atom is 0.351 e. The number of aromatic amines is 2. The van der Waals surface area contributed by atoms with Crippen LogP contribution < -0.4 is 55.2 Å². The molecule has 4 aliphatic heterocycles. The van der Waals surface area contributed by atoms with Crippen LogP contribution in [0.5, 0.6) is 0 Å². The first kappa shape index (κ1) is 57.2. The SMILES string of the molecule is Cc1cn(C2CC(OP(=O)([S-])OCC3OC(n4cnc5c(=O)[nH]c(N)nc54)CC3OP([O-])(=S)OCC3OC(n4ccc(N)nc4=O)CC3OP([O-])(=S)OCC3OC(n4ccc(N)nc4=O)CC3O)C(CO)O2)c(=O)[nH]c1=O. The van der Waals surface area contributed by atoms with Gasteiger partial charge in [-0.05, 0) is 19.1 Å². The van der Waals surface area contributed by atoms with Gasteiger partial charge in [0.15, 0.2) is 18.0 Å². The second kappa shape index (κ2) is 22.9. The summed E-state index contributed by atoms with van der Waals surface area (Å²) in [6.45, 7) is -15.1. The topological polar surface area (TPSA) is 462 Å². The molecule has 0 spiro atoms. The Hall–Kier alpha value is -4.49. The van der Waals surface area contributed by atoms with Crippen molar-refractivity contribution in [1.29, 1.82) is 0 Å². The van der Waals surface area contributed by atoms with Gasteiger partial charge in [-0.15, -0.1) is 0 Å². The molecule has 9 heterocycles. The Morgan fingerprint density at radius 3 is 1.78 bits per heavy atom. The number of imidazole rings is 1. The van der Waals surface area contributed by atoms with Gasteiger partial charge in [-0.3, -0.25) is 42.4 Å². The van der Waals surface area contributed by atoms with Crippen LogP contribution in [0.4, 0.5) is 17.6 Å². The van der Waals surface area contributed by atoms with E-state index in [0.29, 0.717) is 0 Å². The number of aliphatic hydroxyl groups excluding tert-OH is 2. The molecule has 4 saturated heterocycles. The molecule has 15 unspecified atom stereocenters. The van der Waals surface area contributed by atoms with Gasteiger partial charge in [0.25, 0.3) is 11.1 Å². The van der Waals surface area contributed by atoms with E-state index in [1.807, 2.05) is 0 Å². The Labute approximate surface area is 446 Å². The van der Waals surface area contributed by atoms with Crippen LogP contribution in [0.25, 0.3) is 11.2 Å². The molecule has 5 aromatic heterocycles. The fourth-order valence-corrected chi connectivity index (χ4v) is 13.1. The molecule has 0 saturated carbocycles. The smallest absolute Gasteiger partial charge is 0.351 e. The van der Waals surface area contributed by atoms with E-state index in [2.05, 4.69) is 29.9 Å². The first-order valence-electron chi connectivity index (χ1n) is 22.9. The summed E-state index contributed by atoms with van der Waals surface area (Å²) in [4.78, 5) is 111. The number of aliphatic hydroxyl groups is 2. The molecule has 39 heteroatoms. The molecule has 4 aliphatic rings. The lowest BCUT2D eigenvalue weighted by atomic mass is 10.2. The average molecular weight is 1190 g/mol. The van der Waals surface area contributed by atoms with E-state index in [4.69, 9.17) is 99.2 Å². The molecular formula is C38H47N13O20P3S3-3. The van der Waals surface area contributed by atoms with Crippen molar-refractivity contribution in [2.75, 3.05) is 43.6 Å². The Morgan fingerprint density at radius 2 is 1.21 bits per heavy atom. The standard InChI is InChI=1S/C38H50N13O20P3S3/c1-16-10-50(38(58)47-33(16)54)29-7-18(21(11-52)65-29)69-73(60,76)63-14-24-20(9-30(68-24)51-15-42-31-32(51)45-35(41)46-34(31)55)71-74(61,77)64-13-23-19(8-28(67-23)49-5-3-26(40)44-37(49)57)70-72(59,75)62-12-22-17(53)6-27(66-22)48-4-2-25(39)43-36(48)56/h2-5,10,15,17-24,27-30,52-53H,6-9,11-14H2,1H3,(H,59,75)(H,60,76)(H,61,77)(H2,39,43,56)(H2,40,44,57)(H,47,54,58)(H3,41,45,46,55)/p-3. The molecule has 0 bridgehead atoms. The number of hydrogen-bond acceptors (Lipinski definition) is 30. The van der Waals surface area contributed by atoms with Crippen LogP contribution in [0.15, 0.2) is 61.0 Å². The summed E-state index contributed by atoms with van der Waals surface area (Å²) in [5.41, 5.74) is 13.4. The quantitative estimate of drug-likeness (QED) is 0.0298. The summed E-state index contributed by atoms with van der Waals surface area (Å²) in [7, 11) is 0. The minimum atomic E-state index is -4.73. The van der Waals surface area contributed by atoms with Gasteiger partial charge in [-0.25, -0.2) is 19.4 Å². The molecule has 0 aliphatic carbocycles. The second-order valence-electron chi connectivity index (χ2n) is 17.7. The van der Waals surface area contributed by atoms with Gasteiger partial charge in [-0.1, -0.05) is 23.6 Å². The van der Waals surface area contributed by atoms with Gasteiger partial charge < -0.3 is 95.5 Å². The Kier molecular flexibility index (Phi) is 17.0. The number of nitrogen functional groups attached to an aromatic ring is 3. The van der Waals surface area contributed by atoms with Crippen LogP contribution in [0.3, 0.4) is 0 Å². The fraction of sp³-hybridized carbons (Fsp3) is 0.553. The van der Waals surface area contributed by atoms with E-state index in [1.165, 1.54) is 48.5 Å². The first-order chi connectivity index (χ1) is 36.3. The third-order valence-corrected chi connectivity index (χ3v) is 17.2. The van der Waals surface area contributed by atoms with Crippen LogP contribution in [0.1, 0.15) is 56.2 Å². The largest absolute Gasteiger partial charge is 0.780 e. The number of H-pyrrole nitrogens is 2. The van der Waals surface area contributed by atoms with Crippen LogP contribution in [-0.2, 0) is 86.5 Å². The zero-order valence-corrected chi connectivity index (χ0v) is 44.8. The van der Waals surface area contributed by atoms with Gasteiger partial charge in [-0.2, -0.15) is 15.0 Å². The number of nitrogens with one attached hydrogen (secondary N) is 2. The summed E-state index contributed by atoms with van der Waals surface area (Å²) >= 11 is 15.8. The summed E-state index contributed by atoms with van der Waals surface area (Å²) in [6.07, 6.45) is -10.3. The zero-order chi connectivity index (χ0) is 55.3. The lowest BCUT2D eigenvalue weighted by molar-refractivity contribution is -0.219. The van der Waals surface area contributed by atoms with Crippen molar-refractivity contribution in [3.8, 4) is 0 Å². The van der Waals surface area contributed by atoms with Crippen molar-refractivity contribution in [3.63, 3.8) is 0 Å². The monoisotopic (exact) mass is 1190 g/mol. The van der Waals surface area contributed by atoms with Crippen molar-refractivity contribution in [3.05, 3.63) is 94.8 Å². The molecule has 10 N–H and O–H groups in total. The van der Waals surface area contributed by atoms with Crippen molar-refractivity contribution in [2.24, 2.45) is 0 Å². The third kappa shape index (κ3) is 13.2. The summed E-state index contributed by atoms with van der Waals surface area (Å²) in [5, 5.41) is 20.8. The highest BCUT2D eigenvalue weighted by atomic mass is 32.7. The van der Waals surface area contributed by atoms with Crippen molar-refractivity contribution in [1.82, 2.24) is 48.2 Å². The molecule has 420 valence electrons. The summed E-state index contributed by atoms with van der Waals surface area (Å²) in [5.74, 6) is -0.401. The van der Waals surface area contributed by atoms with Crippen LogP contribution >= 0.6 is 20.2 Å². The first-order valence-corrected chi connectivity index (χ1v) is 30.6. The van der Waals surface area contributed by atoms with E-state index >= 15 is 0 Å². The number of nitrogens with two attached hydrogens (primary N) is 3. The van der Waals surface area contributed by atoms with E-state index < -0.39 is 149 Å². The fourth-order valence-electron chi connectivity index (χ4n) is 8.77. The van der Waals surface area contributed by atoms with Crippen molar-refractivity contribution in [2.45, 2.75) is 106 Å². The van der Waals surface area contributed by atoms with Gasteiger partial charge in [0, 0.05) is 49.8 Å². The highest BCUT2D eigenvalue weighted by Crippen LogP contribution is 2.53. The van der Waals surface area contributed by atoms with Crippen molar-refractivity contribution < 1.29 is 70.7 Å². The van der Waals surface area contributed by atoms with E-state index in [0.717, 1.165) is 13.7 Å². The number of rotatable bonds is 20. The lowest BCUT2D eigenvalue weighted by Gasteiger charge is -2.35. The molecule has 0 aromatic carbocycles. The normalized spacial score (nSPS) is 29.9. The van der Waals surface area contributed by atoms with E-state index in [-0.39, 0.29) is 60.0 Å². The Balaban J connectivity index is 0.893. The predicted octanol–water partition coefficient (Wildman–Crippen LogP) is -3.23. The summed E-state index contributed by atoms with van der Waals surface area (Å²) < 4.78 is 76.3. The van der Waals surface area contributed by atoms with Gasteiger partial charge >= 0.3 is 17.1 Å². The molecule has 77 heavy (non-hydrogen) atoms. The van der Waals surface area contributed by atoms with Gasteiger partial charge in [0.2, 0.25) is 5.95 Å². The number of anilines is 3. The number of hydrogen-bond donors (Lipinski definition) is 7. The van der Waals surface area contributed by atoms with Gasteiger partial charge in [0.05, 0.1) is 57.2 Å². The number of fused-ring (bicyclic) bond motifs is 1. The average Bonchev–Trinajstić information content (AvgIpc) is 4.29. The van der Waals surface area contributed by atoms with E-state index in [1.54, 1.807) is 0 Å². The third-order valence-electron chi connectivity index (χ3n) is 12.5. The van der Waals surface area contributed by atoms with Crippen LogP contribution in [0.2, 0.25) is 0 Å². The number of nitrogens with zero attached hydrogens (tertiary/aromatic N) is 8.